The SMILES string of the molecule is CC(C)OP(=O)(OC(C)C)c1nc(-c2ccccc2)n(-c2ccc([N+](=O)[O-])cc2)n1. The molecule has 3 rings (SSSR count). The summed E-state index contributed by atoms with van der Waals surface area (Å²) in [5.41, 5.74) is 1.15. The summed E-state index contributed by atoms with van der Waals surface area (Å²) < 4.78 is 26.3. The quantitative estimate of drug-likeness (QED) is 0.294. The summed E-state index contributed by atoms with van der Waals surface area (Å²) in [7, 11) is -3.81. The van der Waals surface area contributed by atoms with Crippen LogP contribution >= 0.6 is 7.60 Å². The Balaban J connectivity index is 2.17. The van der Waals surface area contributed by atoms with Gasteiger partial charge < -0.3 is 9.05 Å². The fourth-order valence-corrected chi connectivity index (χ4v) is 4.53. The number of hydrogen-bond acceptors (Lipinski definition) is 7. The van der Waals surface area contributed by atoms with Crippen molar-refractivity contribution in [2.45, 2.75) is 39.9 Å². The molecule has 1 heterocycles. The van der Waals surface area contributed by atoms with Gasteiger partial charge in [0.05, 0.1) is 22.8 Å². The Morgan fingerprint density at radius 1 is 0.967 bits per heavy atom. The normalized spacial score (nSPS) is 11.9. The van der Waals surface area contributed by atoms with Crippen LogP contribution in [0, 0.1) is 10.1 Å². The Kier molecular flexibility index (Phi) is 6.45. The average Bonchev–Trinajstić information content (AvgIpc) is 3.14. The van der Waals surface area contributed by atoms with E-state index in [4.69, 9.17) is 9.05 Å². The van der Waals surface area contributed by atoms with Crippen molar-refractivity contribution >= 4 is 18.8 Å². The number of rotatable bonds is 8. The molecule has 0 aliphatic heterocycles. The molecule has 0 saturated carbocycles. The van der Waals surface area contributed by atoms with E-state index in [0.717, 1.165) is 5.56 Å². The van der Waals surface area contributed by atoms with E-state index in [2.05, 4.69) is 10.1 Å². The first-order valence-electron chi connectivity index (χ1n) is 9.44. The van der Waals surface area contributed by atoms with Gasteiger partial charge in [-0.25, -0.2) is 4.68 Å². The Hall–Kier alpha value is -2.87. The first kappa shape index (κ1) is 21.8. The van der Waals surface area contributed by atoms with Crippen LogP contribution in [0.15, 0.2) is 54.6 Å². The van der Waals surface area contributed by atoms with Gasteiger partial charge in [0, 0.05) is 17.7 Å². The maximum absolute atomic E-state index is 13.5. The molecule has 0 saturated heterocycles. The molecular formula is C20H23N4O5P. The van der Waals surface area contributed by atoms with E-state index in [-0.39, 0.29) is 23.5 Å². The number of hydrogen-bond donors (Lipinski definition) is 0. The number of nitro groups is 1. The summed E-state index contributed by atoms with van der Waals surface area (Å²) >= 11 is 0. The minimum Gasteiger partial charge on any atom is -0.300 e. The van der Waals surface area contributed by atoms with E-state index in [1.165, 1.54) is 16.8 Å². The van der Waals surface area contributed by atoms with Gasteiger partial charge in [0.2, 0.25) is 0 Å². The van der Waals surface area contributed by atoms with Crippen LogP contribution in [0.1, 0.15) is 27.7 Å². The van der Waals surface area contributed by atoms with Gasteiger partial charge in [0.15, 0.2) is 5.82 Å². The molecule has 158 valence electrons. The molecule has 0 unspecified atom stereocenters. The molecule has 0 aliphatic rings. The third-order valence-corrected chi connectivity index (χ3v) is 5.95. The third kappa shape index (κ3) is 4.81. The Morgan fingerprint density at radius 3 is 2.03 bits per heavy atom. The second-order valence-corrected chi connectivity index (χ2v) is 8.91. The van der Waals surface area contributed by atoms with Crippen molar-refractivity contribution in [1.29, 1.82) is 0 Å². The maximum Gasteiger partial charge on any atom is 0.400 e. The van der Waals surface area contributed by atoms with Crippen LogP contribution in [-0.2, 0) is 13.6 Å². The van der Waals surface area contributed by atoms with Crippen LogP contribution in [0.25, 0.3) is 17.1 Å². The smallest absolute Gasteiger partial charge is 0.300 e. The Bertz CT molecular complexity index is 1050. The lowest BCUT2D eigenvalue weighted by Crippen LogP contribution is -2.20. The first-order chi connectivity index (χ1) is 14.2. The molecule has 0 radical (unpaired) electrons. The molecule has 0 aliphatic carbocycles. The molecule has 3 aromatic rings. The minimum absolute atomic E-state index is 0.0442. The fraction of sp³-hybridized carbons (Fsp3) is 0.300. The molecule has 9 nitrogen and oxygen atoms in total. The van der Waals surface area contributed by atoms with Gasteiger partial charge in [-0.1, -0.05) is 30.3 Å². The summed E-state index contributed by atoms with van der Waals surface area (Å²) in [6.07, 6.45) is -0.748. The van der Waals surface area contributed by atoms with E-state index < -0.39 is 12.5 Å². The zero-order valence-electron chi connectivity index (χ0n) is 17.1. The first-order valence-corrected chi connectivity index (χ1v) is 11.0. The van der Waals surface area contributed by atoms with Gasteiger partial charge in [0.25, 0.3) is 11.3 Å². The van der Waals surface area contributed by atoms with Crippen molar-refractivity contribution in [2.75, 3.05) is 0 Å². The van der Waals surface area contributed by atoms with Crippen LogP contribution in [0.2, 0.25) is 0 Å². The van der Waals surface area contributed by atoms with Crippen LogP contribution in [0.3, 0.4) is 0 Å². The molecule has 0 bridgehead atoms. The van der Waals surface area contributed by atoms with Crippen molar-refractivity contribution in [3.63, 3.8) is 0 Å². The van der Waals surface area contributed by atoms with Crippen molar-refractivity contribution in [3.05, 3.63) is 64.7 Å². The highest BCUT2D eigenvalue weighted by atomic mass is 31.2. The summed E-state index contributed by atoms with van der Waals surface area (Å²) in [6, 6.07) is 15.1. The molecule has 0 atom stereocenters. The van der Waals surface area contributed by atoms with Crippen molar-refractivity contribution in [3.8, 4) is 17.1 Å². The highest BCUT2D eigenvalue weighted by Gasteiger charge is 2.36. The molecule has 2 aromatic carbocycles. The van der Waals surface area contributed by atoms with Crippen molar-refractivity contribution in [2.24, 2.45) is 0 Å². The van der Waals surface area contributed by atoms with Crippen molar-refractivity contribution < 1.29 is 18.5 Å². The summed E-state index contributed by atoms with van der Waals surface area (Å²) in [4.78, 5) is 15.0. The van der Waals surface area contributed by atoms with Gasteiger partial charge in [-0.3, -0.25) is 14.7 Å². The fourth-order valence-electron chi connectivity index (χ4n) is 2.76. The van der Waals surface area contributed by atoms with Crippen LogP contribution in [0.4, 0.5) is 5.69 Å². The monoisotopic (exact) mass is 430 g/mol. The van der Waals surface area contributed by atoms with Gasteiger partial charge in [-0.15, -0.1) is 5.10 Å². The van der Waals surface area contributed by atoms with E-state index >= 15 is 0 Å². The number of nitrogens with zero attached hydrogens (tertiary/aromatic N) is 4. The Labute approximate surface area is 174 Å². The molecule has 0 amide bonds. The zero-order chi connectivity index (χ0) is 21.9. The Morgan fingerprint density at radius 2 is 1.53 bits per heavy atom. The van der Waals surface area contributed by atoms with E-state index in [1.54, 1.807) is 39.8 Å². The van der Waals surface area contributed by atoms with Crippen LogP contribution in [0.5, 0.6) is 0 Å². The largest absolute Gasteiger partial charge is 0.400 e. The van der Waals surface area contributed by atoms with E-state index in [0.29, 0.717) is 11.5 Å². The predicted octanol–water partition coefficient (Wildman–Crippen LogP) is 4.51. The number of aromatic nitrogens is 3. The highest BCUT2D eigenvalue weighted by Crippen LogP contribution is 2.48. The summed E-state index contributed by atoms with van der Waals surface area (Å²) in [6.45, 7) is 7.01. The predicted molar refractivity (Wildman–Crippen MR) is 113 cm³/mol. The van der Waals surface area contributed by atoms with Gasteiger partial charge in [-0.2, -0.15) is 4.98 Å². The second kappa shape index (κ2) is 8.87. The molecule has 0 spiro atoms. The number of benzene rings is 2. The summed E-state index contributed by atoms with van der Waals surface area (Å²) in [5.74, 6) is 0.416. The summed E-state index contributed by atoms with van der Waals surface area (Å²) in [5, 5.41) is 15.4. The molecular weight excluding hydrogens is 407 g/mol. The van der Waals surface area contributed by atoms with Crippen LogP contribution < -0.4 is 5.57 Å². The van der Waals surface area contributed by atoms with Crippen LogP contribution in [-0.4, -0.2) is 31.9 Å². The lowest BCUT2D eigenvalue weighted by atomic mass is 10.2. The van der Waals surface area contributed by atoms with E-state index in [1.807, 2.05) is 30.3 Å². The molecule has 0 N–H and O–H groups in total. The van der Waals surface area contributed by atoms with E-state index in [9.17, 15) is 14.7 Å². The van der Waals surface area contributed by atoms with Gasteiger partial charge >= 0.3 is 7.60 Å². The second-order valence-electron chi connectivity index (χ2n) is 7.09. The third-order valence-electron chi connectivity index (χ3n) is 3.88. The van der Waals surface area contributed by atoms with Gasteiger partial charge in [0.1, 0.15) is 0 Å². The molecule has 10 heteroatoms. The standard InChI is InChI=1S/C20H23N4O5P/c1-14(2)28-30(27,29-15(3)4)20-21-19(16-8-6-5-7-9-16)23(22-20)17-10-12-18(13-11-17)24(25)26/h5-15H,1-4H3. The lowest BCUT2D eigenvalue weighted by Gasteiger charge is -2.19. The molecule has 30 heavy (non-hydrogen) atoms. The zero-order valence-corrected chi connectivity index (χ0v) is 18.0. The number of nitro benzene ring substituents is 1. The lowest BCUT2D eigenvalue weighted by molar-refractivity contribution is -0.384. The molecule has 1 aromatic heterocycles. The number of non-ortho nitro benzene ring substituents is 1. The highest BCUT2D eigenvalue weighted by molar-refractivity contribution is 7.61. The topological polar surface area (TPSA) is 109 Å². The minimum atomic E-state index is -3.81. The van der Waals surface area contributed by atoms with Gasteiger partial charge in [-0.05, 0) is 39.8 Å². The maximum atomic E-state index is 13.5. The molecule has 0 fully saturated rings. The van der Waals surface area contributed by atoms with Crippen molar-refractivity contribution in [1.82, 2.24) is 14.8 Å². The average molecular weight is 430 g/mol.